The van der Waals surface area contributed by atoms with Crippen LogP contribution in [-0.2, 0) is 15.0 Å². The van der Waals surface area contributed by atoms with Gasteiger partial charge in [0.2, 0.25) is 5.91 Å². The smallest absolute Gasteiger partial charge is 0.260 e. The van der Waals surface area contributed by atoms with Crippen molar-refractivity contribution in [2.24, 2.45) is 5.92 Å². The Hall–Kier alpha value is -2.89. The molecule has 0 bridgehead atoms. The van der Waals surface area contributed by atoms with Crippen LogP contribution in [0.5, 0.6) is 5.75 Å². The molecule has 3 rings (SSSR count). The molecule has 0 aliphatic carbocycles. The second-order valence-corrected chi connectivity index (χ2v) is 8.93. The van der Waals surface area contributed by atoms with Crippen molar-refractivity contribution in [1.82, 2.24) is 9.88 Å². The molecule has 2 heterocycles. The number of benzene rings is 1. The fraction of sp³-hybridized carbons (Fsp3) is 0.458. The summed E-state index contributed by atoms with van der Waals surface area (Å²) in [5, 5.41) is 2.88. The Morgan fingerprint density at radius 2 is 1.80 bits per heavy atom. The highest BCUT2D eigenvalue weighted by Crippen LogP contribution is 2.24. The van der Waals surface area contributed by atoms with Gasteiger partial charge in [-0.15, -0.1) is 0 Å². The van der Waals surface area contributed by atoms with Crippen molar-refractivity contribution >= 4 is 17.6 Å². The summed E-state index contributed by atoms with van der Waals surface area (Å²) in [5.74, 6) is 1.08. The van der Waals surface area contributed by atoms with Crippen LogP contribution in [0.25, 0.3) is 0 Å². The largest absolute Gasteiger partial charge is 0.484 e. The molecule has 1 aromatic heterocycles. The molecule has 0 spiro atoms. The Labute approximate surface area is 178 Å². The maximum atomic E-state index is 12.5. The van der Waals surface area contributed by atoms with Gasteiger partial charge in [0.15, 0.2) is 6.61 Å². The van der Waals surface area contributed by atoms with Gasteiger partial charge < -0.3 is 15.0 Å². The molecule has 1 N–H and O–H groups in total. The van der Waals surface area contributed by atoms with Crippen LogP contribution < -0.4 is 10.1 Å². The van der Waals surface area contributed by atoms with Crippen molar-refractivity contribution in [2.75, 3.05) is 25.0 Å². The van der Waals surface area contributed by atoms with Crippen molar-refractivity contribution in [2.45, 2.75) is 46.0 Å². The van der Waals surface area contributed by atoms with Crippen LogP contribution in [-0.4, -0.2) is 41.4 Å². The lowest BCUT2D eigenvalue weighted by Crippen LogP contribution is -2.43. The SMILES string of the molecule is Cc1ccnc(NC(=O)C2CCN(C(=O)COc3ccc(C(C)(C)C)cc3)CC2)c1. The number of nitrogens with zero attached hydrogens (tertiary/aromatic N) is 2. The molecule has 0 atom stereocenters. The van der Waals surface area contributed by atoms with Crippen LogP contribution in [0.15, 0.2) is 42.6 Å². The summed E-state index contributed by atoms with van der Waals surface area (Å²) in [6, 6.07) is 11.6. The summed E-state index contributed by atoms with van der Waals surface area (Å²) in [6.45, 7) is 9.57. The van der Waals surface area contributed by atoms with E-state index in [1.54, 1.807) is 11.1 Å². The normalized spacial score (nSPS) is 15.0. The maximum absolute atomic E-state index is 12.5. The highest BCUT2D eigenvalue weighted by Gasteiger charge is 2.27. The van der Waals surface area contributed by atoms with Crippen LogP contribution in [0.1, 0.15) is 44.7 Å². The van der Waals surface area contributed by atoms with Gasteiger partial charge in [-0.3, -0.25) is 9.59 Å². The average Bonchev–Trinajstić information content (AvgIpc) is 2.72. The van der Waals surface area contributed by atoms with Crippen LogP contribution in [0, 0.1) is 12.8 Å². The molecule has 1 aromatic carbocycles. The summed E-state index contributed by atoms with van der Waals surface area (Å²) in [5.41, 5.74) is 2.36. The Balaban J connectivity index is 1.44. The minimum atomic E-state index is -0.109. The number of nitrogens with one attached hydrogen (secondary N) is 1. The molecule has 1 saturated heterocycles. The Kier molecular flexibility index (Phi) is 6.75. The van der Waals surface area contributed by atoms with Crippen LogP contribution in [0.3, 0.4) is 0 Å². The summed E-state index contributed by atoms with van der Waals surface area (Å²) < 4.78 is 5.67. The first-order valence-corrected chi connectivity index (χ1v) is 10.5. The molecule has 0 saturated carbocycles. The number of hydrogen-bond donors (Lipinski definition) is 1. The number of likely N-dealkylation sites (tertiary alicyclic amines) is 1. The second-order valence-electron chi connectivity index (χ2n) is 8.93. The van der Waals surface area contributed by atoms with E-state index in [0.29, 0.717) is 37.5 Å². The van der Waals surface area contributed by atoms with Gasteiger partial charge in [-0.2, -0.15) is 0 Å². The lowest BCUT2D eigenvalue weighted by molar-refractivity contribution is -0.136. The van der Waals surface area contributed by atoms with Crippen molar-refractivity contribution in [1.29, 1.82) is 0 Å². The van der Waals surface area contributed by atoms with Crippen LogP contribution >= 0.6 is 0 Å². The third-order valence-corrected chi connectivity index (χ3v) is 5.47. The Morgan fingerprint density at radius 3 is 2.40 bits per heavy atom. The summed E-state index contributed by atoms with van der Waals surface area (Å²) in [4.78, 5) is 30.9. The van der Waals surface area contributed by atoms with Crippen molar-refractivity contribution in [3.63, 3.8) is 0 Å². The molecule has 2 amide bonds. The summed E-state index contributed by atoms with van der Waals surface area (Å²) in [7, 11) is 0. The van der Waals surface area contributed by atoms with E-state index in [-0.39, 0.29) is 29.8 Å². The lowest BCUT2D eigenvalue weighted by atomic mass is 9.87. The lowest BCUT2D eigenvalue weighted by Gasteiger charge is -2.31. The van der Waals surface area contributed by atoms with Gasteiger partial charge in [-0.1, -0.05) is 32.9 Å². The molecule has 0 unspecified atom stereocenters. The van der Waals surface area contributed by atoms with E-state index in [4.69, 9.17) is 4.74 Å². The van der Waals surface area contributed by atoms with Gasteiger partial charge in [0, 0.05) is 25.2 Å². The maximum Gasteiger partial charge on any atom is 0.260 e. The number of aromatic nitrogens is 1. The zero-order valence-corrected chi connectivity index (χ0v) is 18.3. The van der Waals surface area contributed by atoms with E-state index < -0.39 is 0 Å². The van der Waals surface area contributed by atoms with Gasteiger partial charge in [-0.25, -0.2) is 4.98 Å². The zero-order valence-electron chi connectivity index (χ0n) is 18.3. The highest BCUT2D eigenvalue weighted by atomic mass is 16.5. The predicted octanol–water partition coefficient (Wildman–Crippen LogP) is 3.94. The van der Waals surface area contributed by atoms with Crippen molar-refractivity contribution in [3.05, 3.63) is 53.7 Å². The molecule has 6 heteroatoms. The van der Waals surface area contributed by atoms with Gasteiger partial charge in [0.1, 0.15) is 11.6 Å². The number of ether oxygens (including phenoxy) is 1. The molecule has 1 fully saturated rings. The van der Waals surface area contributed by atoms with Gasteiger partial charge in [0.25, 0.3) is 5.91 Å². The van der Waals surface area contributed by atoms with Gasteiger partial charge >= 0.3 is 0 Å². The molecule has 6 nitrogen and oxygen atoms in total. The number of pyridine rings is 1. The van der Waals surface area contributed by atoms with Crippen LogP contribution in [0.4, 0.5) is 5.82 Å². The van der Waals surface area contributed by atoms with E-state index in [2.05, 4.69) is 31.1 Å². The van der Waals surface area contributed by atoms with Crippen molar-refractivity contribution in [3.8, 4) is 5.75 Å². The quantitative estimate of drug-likeness (QED) is 0.812. The van der Waals surface area contributed by atoms with E-state index in [1.165, 1.54) is 5.56 Å². The fourth-order valence-corrected chi connectivity index (χ4v) is 3.51. The first kappa shape index (κ1) is 21.8. The molecular weight excluding hydrogens is 378 g/mol. The van der Waals surface area contributed by atoms with E-state index in [9.17, 15) is 9.59 Å². The van der Waals surface area contributed by atoms with E-state index in [0.717, 1.165) is 5.56 Å². The standard InChI is InChI=1S/C24H31N3O3/c1-17-9-12-25-21(15-17)26-23(29)18-10-13-27(14-11-18)22(28)16-30-20-7-5-19(6-8-20)24(2,3)4/h5-9,12,15,18H,10-11,13-14,16H2,1-4H3,(H,25,26,29). The summed E-state index contributed by atoms with van der Waals surface area (Å²) in [6.07, 6.45) is 2.97. The third kappa shape index (κ3) is 5.81. The van der Waals surface area contributed by atoms with E-state index >= 15 is 0 Å². The molecule has 1 aliphatic rings. The zero-order chi connectivity index (χ0) is 21.7. The number of rotatable bonds is 5. The number of carbonyl (C=O) groups excluding carboxylic acids is 2. The van der Waals surface area contributed by atoms with Crippen LogP contribution in [0.2, 0.25) is 0 Å². The Morgan fingerprint density at radius 1 is 1.13 bits per heavy atom. The molecule has 1 aliphatic heterocycles. The predicted molar refractivity (Wildman–Crippen MR) is 118 cm³/mol. The number of aryl methyl sites for hydroxylation is 1. The van der Waals surface area contributed by atoms with E-state index in [1.807, 2.05) is 43.3 Å². The monoisotopic (exact) mass is 409 g/mol. The third-order valence-electron chi connectivity index (χ3n) is 5.47. The summed E-state index contributed by atoms with van der Waals surface area (Å²) >= 11 is 0. The Bertz CT molecular complexity index is 879. The minimum Gasteiger partial charge on any atom is -0.484 e. The first-order chi connectivity index (χ1) is 14.2. The number of hydrogen-bond acceptors (Lipinski definition) is 4. The number of piperidine rings is 1. The first-order valence-electron chi connectivity index (χ1n) is 10.5. The fourth-order valence-electron chi connectivity index (χ4n) is 3.51. The second kappa shape index (κ2) is 9.28. The van der Waals surface area contributed by atoms with Crippen molar-refractivity contribution < 1.29 is 14.3 Å². The number of amides is 2. The topological polar surface area (TPSA) is 71.5 Å². The molecule has 0 radical (unpaired) electrons. The van der Waals surface area contributed by atoms with Gasteiger partial charge in [-0.05, 0) is 60.6 Å². The molecule has 160 valence electrons. The molecule has 2 aromatic rings. The highest BCUT2D eigenvalue weighted by molar-refractivity contribution is 5.92. The minimum absolute atomic E-state index is 0.0128. The molecule has 30 heavy (non-hydrogen) atoms. The average molecular weight is 410 g/mol. The number of carbonyl (C=O) groups is 2. The van der Waals surface area contributed by atoms with Gasteiger partial charge in [0.05, 0.1) is 0 Å². The number of anilines is 1. The molecular formula is C24H31N3O3.